The Morgan fingerprint density at radius 1 is 1.47 bits per heavy atom. The molecule has 0 amide bonds. The summed E-state index contributed by atoms with van der Waals surface area (Å²) < 4.78 is 10.4. The lowest BCUT2D eigenvalue weighted by atomic mass is 10.2. The number of H-pyrrole nitrogens is 1. The summed E-state index contributed by atoms with van der Waals surface area (Å²) >= 11 is 0. The molecule has 0 spiro atoms. The van der Waals surface area contributed by atoms with E-state index in [1.807, 2.05) is 0 Å². The first-order valence-corrected chi connectivity index (χ1v) is 4.92. The molecule has 0 bridgehead atoms. The number of carbonyl (C=O) groups is 1. The summed E-state index contributed by atoms with van der Waals surface area (Å²) in [7, 11) is 1.49. The fourth-order valence-electron chi connectivity index (χ4n) is 1.28. The molecule has 2 rings (SSSR count). The number of aromatic nitrogens is 3. The highest BCUT2D eigenvalue weighted by atomic mass is 16.5. The van der Waals surface area contributed by atoms with Crippen molar-refractivity contribution in [1.82, 2.24) is 15.0 Å². The number of nitrogens with zero attached hydrogens (tertiary/aromatic N) is 2. The minimum absolute atomic E-state index is 0.300. The highest BCUT2D eigenvalue weighted by Gasteiger charge is 2.06. The summed E-state index contributed by atoms with van der Waals surface area (Å²) in [6.45, 7) is 0.300. The Kier molecular flexibility index (Phi) is 3.34. The van der Waals surface area contributed by atoms with Crippen LogP contribution in [0, 0.1) is 0 Å². The molecule has 0 aliphatic heterocycles. The molecule has 2 heterocycles. The number of ether oxygens (including phenoxy) is 2. The smallest absolute Gasteiger partial charge is 0.213 e. The zero-order chi connectivity index (χ0) is 12.1. The summed E-state index contributed by atoms with van der Waals surface area (Å²) in [4.78, 5) is 21.6. The lowest BCUT2D eigenvalue weighted by Gasteiger charge is -2.07. The Bertz CT molecular complexity index is 497. The van der Waals surface area contributed by atoms with Crippen LogP contribution in [-0.4, -0.2) is 28.3 Å². The lowest BCUT2D eigenvalue weighted by Crippen LogP contribution is -2.00. The molecule has 0 saturated heterocycles. The number of carbonyl (C=O) groups excluding carboxylic acids is 1. The number of rotatable bonds is 5. The number of hydrogen-bond donors (Lipinski definition) is 1. The maximum atomic E-state index is 10.9. The number of pyridine rings is 1. The number of nitrogens with one attached hydrogen (secondary N) is 1. The molecule has 0 fully saturated rings. The van der Waals surface area contributed by atoms with Crippen molar-refractivity contribution < 1.29 is 14.3 Å². The van der Waals surface area contributed by atoms with Gasteiger partial charge in [0.1, 0.15) is 12.4 Å². The van der Waals surface area contributed by atoms with Gasteiger partial charge in [0.05, 0.1) is 37.1 Å². The summed E-state index contributed by atoms with van der Waals surface area (Å²) in [6.07, 6.45) is 5.37. The Hall–Kier alpha value is -2.37. The van der Waals surface area contributed by atoms with Gasteiger partial charge in [0.25, 0.3) is 0 Å². The Morgan fingerprint density at radius 3 is 3.00 bits per heavy atom. The normalized spacial score (nSPS) is 9.94. The van der Waals surface area contributed by atoms with Crippen LogP contribution in [0.25, 0.3) is 0 Å². The molecular weight excluding hydrogens is 222 g/mol. The van der Waals surface area contributed by atoms with E-state index in [4.69, 9.17) is 9.47 Å². The molecule has 88 valence electrons. The maximum absolute atomic E-state index is 10.9. The van der Waals surface area contributed by atoms with Crippen molar-refractivity contribution in [2.24, 2.45) is 0 Å². The SMILES string of the molecule is COc1cc(C=O)c(OCc2cnc[nH]2)cn1. The van der Waals surface area contributed by atoms with E-state index in [1.165, 1.54) is 19.4 Å². The van der Waals surface area contributed by atoms with E-state index in [-0.39, 0.29) is 0 Å². The van der Waals surface area contributed by atoms with Gasteiger partial charge in [-0.25, -0.2) is 9.97 Å². The zero-order valence-electron chi connectivity index (χ0n) is 9.21. The molecule has 6 nitrogen and oxygen atoms in total. The molecule has 2 aromatic heterocycles. The zero-order valence-corrected chi connectivity index (χ0v) is 9.21. The first kappa shape index (κ1) is 11.1. The van der Waals surface area contributed by atoms with Crippen LogP contribution in [0.15, 0.2) is 24.8 Å². The van der Waals surface area contributed by atoms with Gasteiger partial charge in [0.15, 0.2) is 6.29 Å². The van der Waals surface area contributed by atoms with Crippen molar-refractivity contribution in [2.45, 2.75) is 6.61 Å². The Labute approximate surface area is 97.6 Å². The summed E-state index contributed by atoms with van der Waals surface area (Å²) in [5.74, 6) is 0.788. The molecule has 2 aromatic rings. The van der Waals surface area contributed by atoms with E-state index < -0.39 is 0 Å². The van der Waals surface area contributed by atoms with E-state index in [2.05, 4.69) is 15.0 Å². The van der Waals surface area contributed by atoms with Gasteiger partial charge in [-0.15, -0.1) is 0 Å². The fourth-order valence-corrected chi connectivity index (χ4v) is 1.28. The van der Waals surface area contributed by atoms with Crippen LogP contribution in [0.2, 0.25) is 0 Å². The van der Waals surface area contributed by atoms with E-state index in [0.717, 1.165) is 5.69 Å². The first-order chi connectivity index (χ1) is 8.33. The number of aromatic amines is 1. The van der Waals surface area contributed by atoms with Gasteiger partial charge in [-0.1, -0.05) is 0 Å². The minimum Gasteiger partial charge on any atom is -0.485 e. The van der Waals surface area contributed by atoms with E-state index in [1.54, 1.807) is 12.5 Å². The van der Waals surface area contributed by atoms with Crippen LogP contribution < -0.4 is 9.47 Å². The molecule has 0 unspecified atom stereocenters. The summed E-state index contributed by atoms with van der Waals surface area (Å²) in [6, 6.07) is 1.52. The maximum Gasteiger partial charge on any atom is 0.213 e. The van der Waals surface area contributed by atoms with Crippen LogP contribution in [0.3, 0.4) is 0 Å². The van der Waals surface area contributed by atoms with Crippen molar-refractivity contribution >= 4 is 6.29 Å². The van der Waals surface area contributed by atoms with Gasteiger partial charge in [0.2, 0.25) is 5.88 Å². The van der Waals surface area contributed by atoms with Crippen molar-refractivity contribution in [3.05, 3.63) is 36.0 Å². The standard InChI is InChI=1S/C11H11N3O3/c1-16-11-2-8(5-15)10(4-13-11)17-6-9-3-12-7-14-9/h2-5,7H,6H2,1H3,(H,12,14). The second-order valence-electron chi connectivity index (χ2n) is 3.25. The number of aldehydes is 1. The highest BCUT2D eigenvalue weighted by Crippen LogP contribution is 2.20. The molecule has 1 N–H and O–H groups in total. The van der Waals surface area contributed by atoms with Crippen molar-refractivity contribution in [3.63, 3.8) is 0 Å². The largest absolute Gasteiger partial charge is 0.485 e. The van der Waals surface area contributed by atoms with E-state index in [0.29, 0.717) is 30.1 Å². The van der Waals surface area contributed by atoms with Crippen LogP contribution in [0.5, 0.6) is 11.6 Å². The third-order valence-electron chi connectivity index (χ3n) is 2.15. The third kappa shape index (κ3) is 2.60. The molecule has 0 saturated carbocycles. The fraction of sp³-hybridized carbons (Fsp3) is 0.182. The van der Waals surface area contributed by atoms with Gasteiger partial charge in [-0.2, -0.15) is 0 Å². The quantitative estimate of drug-likeness (QED) is 0.785. The van der Waals surface area contributed by atoms with E-state index in [9.17, 15) is 4.79 Å². The van der Waals surface area contributed by atoms with Crippen molar-refractivity contribution in [2.75, 3.05) is 7.11 Å². The molecule has 17 heavy (non-hydrogen) atoms. The van der Waals surface area contributed by atoms with Crippen LogP contribution >= 0.6 is 0 Å². The second kappa shape index (κ2) is 5.11. The molecule has 0 aliphatic carbocycles. The summed E-state index contributed by atoms with van der Waals surface area (Å²) in [5.41, 5.74) is 1.22. The van der Waals surface area contributed by atoms with Crippen LogP contribution in [-0.2, 0) is 6.61 Å². The first-order valence-electron chi connectivity index (χ1n) is 4.92. The summed E-state index contributed by atoms with van der Waals surface area (Å²) in [5, 5.41) is 0. The van der Waals surface area contributed by atoms with Crippen molar-refractivity contribution in [3.8, 4) is 11.6 Å². The van der Waals surface area contributed by atoms with Gasteiger partial charge in [0, 0.05) is 6.07 Å². The predicted octanol–water partition coefficient (Wildman–Crippen LogP) is 1.20. The van der Waals surface area contributed by atoms with Crippen molar-refractivity contribution in [1.29, 1.82) is 0 Å². The van der Waals surface area contributed by atoms with Crippen LogP contribution in [0.1, 0.15) is 16.1 Å². The molecule has 0 atom stereocenters. The molecule has 0 radical (unpaired) electrons. The van der Waals surface area contributed by atoms with Gasteiger partial charge < -0.3 is 14.5 Å². The topological polar surface area (TPSA) is 77.1 Å². The molecule has 0 aliphatic rings. The predicted molar refractivity (Wildman–Crippen MR) is 59.1 cm³/mol. The monoisotopic (exact) mass is 233 g/mol. The molecular formula is C11H11N3O3. The number of imidazole rings is 1. The minimum atomic E-state index is 0.300. The lowest BCUT2D eigenvalue weighted by molar-refractivity contribution is 0.111. The number of methoxy groups -OCH3 is 1. The van der Waals surface area contributed by atoms with Gasteiger partial charge in [-0.05, 0) is 0 Å². The van der Waals surface area contributed by atoms with E-state index >= 15 is 0 Å². The molecule has 6 heteroatoms. The average molecular weight is 233 g/mol. The number of hydrogen-bond acceptors (Lipinski definition) is 5. The molecule has 0 aromatic carbocycles. The Balaban J connectivity index is 2.12. The van der Waals surface area contributed by atoms with Gasteiger partial charge >= 0.3 is 0 Å². The van der Waals surface area contributed by atoms with Crippen LogP contribution in [0.4, 0.5) is 0 Å². The average Bonchev–Trinajstić information content (AvgIpc) is 2.89. The second-order valence-corrected chi connectivity index (χ2v) is 3.25. The van der Waals surface area contributed by atoms with Gasteiger partial charge in [-0.3, -0.25) is 4.79 Å². The third-order valence-corrected chi connectivity index (χ3v) is 2.15. The Morgan fingerprint density at radius 2 is 2.35 bits per heavy atom. The highest BCUT2D eigenvalue weighted by molar-refractivity contribution is 5.79.